The van der Waals surface area contributed by atoms with E-state index in [2.05, 4.69) is 76.2 Å². The molecule has 0 saturated carbocycles. The first-order valence-corrected chi connectivity index (χ1v) is 11.5. The number of rotatable bonds is 6. The van der Waals surface area contributed by atoms with Crippen LogP contribution in [-0.2, 0) is 10.8 Å². The third-order valence-electron chi connectivity index (χ3n) is 7.38. The molecule has 0 aromatic heterocycles. The summed E-state index contributed by atoms with van der Waals surface area (Å²) in [4.78, 5) is 0. The average Bonchev–Trinajstić information content (AvgIpc) is 2.84. The number of aryl methyl sites for hydroxylation is 1. The fraction of sp³-hybridized carbons (Fsp3) is 0.226. The lowest BCUT2D eigenvalue weighted by Gasteiger charge is -2.34. The number of phenols is 2. The Morgan fingerprint density at radius 1 is 0.515 bits per heavy atom. The first kappa shape index (κ1) is 22.7. The first-order valence-electron chi connectivity index (χ1n) is 11.5. The Morgan fingerprint density at radius 3 is 1.18 bits per heavy atom. The highest BCUT2D eigenvalue weighted by Gasteiger charge is 2.33. The molecule has 2 heteroatoms. The number of aromatic hydroxyl groups is 2. The van der Waals surface area contributed by atoms with Gasteiger partial charge in [0.1, 0.15) is 11.5 Å². The van der Waals surface area contributed by atoms with Crippen molar-refractivity contribution in [1.82, 2.24) is 0 Å². The smallest absolute Gasteiger partial charge is 0.115 e. The highest BCUT2D eigenvalue weighted by Crippen LogP contribution is 2.42. The largest absolute Gasteiger partial charge is 0.508 e. The molecule has 168 valence electrons. The van der Waals surface area contributed by atoms with Gasteiger partial charge in [0.15, 0.2) is 0 Å². The molecule has 2 N–H and O–H groups in total. The van der Waals surface area contributed by atoms with Crippen molar-refractivity contribution in [3.63, 3.8) is 0 Å². The Kier molecular flexibility index (Phi) is 6.03. The normalized spacial score (nSPS) is 13.5. The van der Waals surface area contributed by atoms with Crippen LogP contribution in [0.1, 0.15) is 60.6 Å². The topological polar surface area (TPSA) is 40.5 Å². The highest BCUT2D eigenvalue weighted by molar-refractivity contribution is 5.52. The number of phenolic OH excluding ortho intramolecular Hbond substituents is 2. The highest BCUT2D eigenvalue weighted by atomic mass is 16.3. The van der Waals surface area contributed by atoms with Crippen LogP contribution < -0.4 is 0 Å². The molecule has 4 aromatic rings. The van der Waals surface area contributed by atoms with E-state index in [4.69, 9.17) is 0 Å². The van der Waals surface area contributed by atoms with Crippen LogP contribution >= 0.6 is 0 Å². The van der Waals surface area contributed by atoms with Gasteiger partial charge < -0.3 is 10.2 Å². The average molecular weight is 437 g/mol. The minimum absolute atomic E-state index is 0.0697. The zero-order chi connectivity index (χ0) is 23.6. The maximum absolute atomic E-state index is 9.85. The zero-order valence-corrected chi connectivity index (χ0v) is 19.8. The van der Waals surface area contributed by atoms with Gasteiger partial charge >= 0.3 is 0 Å². The third-order valence-corrected chi connectivity index (χ3v) is 7.38. The molecule has 0 radical (unpaired) electrons. The Labute approximate surface area is 197 Å². The van der Waals surface area contributed by atoms with Gasteiger partial charge in [-0.05, 0) is 72.4 Å². The minimum atomic E-state index is -0.438. The summed E-state index contributed by atoms with van der Waals surface area (Å²) in [6, 6.07) is 32.6. The van der Waals surface area contributed by atoms with Crippen molar-refractivity contribution in [2.24, 2.45) is 0 Å². The maximum Gasteiger partial charge on any atom is 0.115 e. The molecule has 4 rings (SSSR count). The monoisotopic (exact) mass is 436 g/mol. The van der Waals surface area contributed by atoms with Gasteiger partial charge in [-0.2, -0.15) is 0 Å². The molecule has 1 unspecified atom stereocenters. The summed E-state index contributed by atoms with van der Waals surface area (Å²) in [6.07, 6.45) is 1.00. The van der Waals surface area contributed by atoms with Gasteiger partial charge in [-0.3, -0.25) is 0 Å². The van der Waals surface area contributed by atoms with Gasteiger partial charge in [-0.25, -0.2) is 0 Å². The van der Waals surface area contributed by atoms with Gasteiger partial charge in [0.05, 0.1) is 0 Å². The van der Waals surface area contributed by atoms with Gasteiger partial charge in [0, 0.05) is 10.8 Å². The number of hydrogen-bond donors (Lipinski definition) is 2. The predicted octanol–water partition coefficient (Wildman–Crippen LogP) is 7.48. The van der Waals surface area contributed by atoms with Crippen LogP contribution in [0.2, 0.25) is 0 Å². The van der Waals surface area contributed by atoms with Crippen molar-refractivity contribution in [2.45, 2.75) is 44.9 Å². The molecular formula is C31H32O2. The van der Waals surface area contributed by atoms with E-state index in [0.29, 0.717) is 0 Å². The standard InChI is InChI=1S/C31H32O2/c1-5-30(3,23-8-6-22(2)7-9-23)24-10-12-25(13-11-24)31(4,26-14-18-28(32)19-15-26)27-16-20-29(33)21-17-27/h6-21,32-33H,5H2,1-4H3. The van der Waals surface area contributed by atoms with E-state index in [0.717, 1.165) is 23.1 Å². The van der Waals surface area contributed by atoms with Crippen molar-refractivity contribution in [1.29, 1.82) is 0 Å². The van der Waals surface area contributed by atoms with Crippen molar-refractivity contribution >= 4 is 0 Å². The van der Waals surface area contributed by atoms with E-state index in [1.54, 1.807) is 24.3 Å². The minimum Gasteiger partial charge on any atom is -0.508 e. The summed E-state index contributed by atoms with van der Waals surface area (Å²) in [6.45, 7) is 8.87. The summed E-state index contributed by atoms with van der Waals surface area (Å²) in [5.74, 6) is 0.498. The van der Waals surface area contributed by atoms with Crippen LogP contribution in [0.25, 0.3) is 0 Å². The Hall–Kier alpha value is -3.52. The fourth-order valence-electron chi connectivity index (χ4n) is 4.76. The third kappa shape index (κ3) is 4.14. The molecule has 0 fully saturated rings. The van der Waals surface area contributed by atoms with Crippen LogP contribution in [0.3, 0.4) is 0 Å². The number of benzene rings is 4. The van der Waals surface area contributed by atoms with E-state index >= 15 is 0 Å². The lowest BCUT2D eigenvalue weighted by molar-refractivity contribution is 0.474. The van der Waals surface area contributed by atoms with E-state index in [-0.39, 0.29) is 16.9 Å². The van der Waals surface area contributed by atoms with Crippen LogP contribution in [0.5, 0.6) is 11.5 Å². The lowest BCUT2D eigenvalue weighted by atomic mass is 9.69. The zero-order valence-electron chi connectivity index (χ0n) is 19.8. The van der Waals surface area contributed by atoms with Gasteiger partial charge in [-0.15, -0.1) is 0 Å². The van der Waals surface area contributed by atoms with Gasteiger partial charge in [0.25, 0.3) is 0 Å². The second-order valence-corrected chi connectivity index (χ2v) is 9.35. The molecule has 4 aromatic carbocycles. The van der Waals surface area contributed by atoms with E-state index in [1.165, 1.54) is 16.7 Å². The molecule has 0 bridgehead atoms. The van der Waals surface area contributed by atoms with Crippen LogP contribution in [0, 0.1) is 6.92 Å². The van der Waals surface area contributed by atoms with Crippen molar-refractivity contribution in [2.75, 3.05) is 0 Å². The Balaban J connectivity index is 1.81. The van der Waals surface area contributed by atoms with Crippen LogP contribution in [0.4, 0.5) is 0 Å². The molecule has 2 nitrogen and oxygen atoms in total. The summed E-state index contributed by atoms with van der Waals surface area (Å²) >= 11 is 0. The molecular weight excluding hydrogens is 404 g/mol. The molecule has 0 saturated heterocycles. The van der Waals surface area contributed by atoms with E-state index in [9.17, 15) is 10.2 Å². The number of hydrogen-bond acceptors (Lipinski definition) is 2. The molecule has 0 amide bonds. The summed E-state index contributed by atoms with van der Waals surface area (Å²) in [5, 5.41) is 19.7. The van der Waals surface area contributed by atoms with Crippen molar-refractivity contribution in [3.8, 4) is 11.5 Å². The second kappa shape index (κ2) is 8.78. The molecule has 0 spiro atoms. The summed E-state index contributed by atoms with van der Waals surface area (Å²) in [5.41, 5.74) is 6.69. The lowest BCUT2D eigenvalue weighted by Crippen LogP contribution is -2.26. The molecule has 0 aliphatic rings. The quantitative estimate of drug-likeness (QED) is 0.308. The second-order valence-electron chi connectivity index (χ2n) is 9.35. The van der Waals surface area contributed by atoms with Crippen molar-refractivity contribution in [3.05, 3.63) is 130 Å². The first-order chi connectivity index (χ1) is 15.8. The molecule has 1 atom stereocenters. The van der Waals surface area contributed by atoms with Crippen LogP contribution in [0.15, 0.2) is 97.1 Å². The predicted molar refractivity (Wildman–Crippen MR) is 136 cm³/mol. The summed E-state index contributed by atoms with van der Waals surface area (Å²) < 4.78 is 0. The SMILES string of the molecule is CCC(C)(c1ccc(C)cc1)c1ccc(C(C)(c2ccc(O)cc2)c2ccc(O)cc2)cc1. The molecule has 33 heavy (non-hydrogen) atoms. The summed E-state index contributed by atoms with van der Waals surface area (Å²) in [7, 11) is 0. The Bertz CT molecular complexity index is 1160. The van der Waals surface area contributed by atoms with E-state index in [1.807, 2.05) is 24.3 Å². The van der Waals surface area contributed by atoms with Crippen molar-refractivity contribution < 1.29 is 10.2 Å². The fourth-order valence-corrected chi connectivity index (χ4v) is 4.76. The van der Waals surface area contributed by atoms with Crippen LogP contribution in [-0.4, -0.2) is 10.2 Å². The molecule has 0 aliphatic carbocycles. The van der Waals surface area contributed by atoms with E-state index < -0.39 is 5.41 Å². The molecule has 0 aliphatic heterocycles. The Morgan fingerprint density at radius 2 is 0.818 bits per heavy atom. The van der Waals surface area contributed by atoms with Gasteiger partial charge in [-0.1, -0.05) is 92.2 Å². The maximum atomic E-state index is 9.85. The molecule has 0 heterocycles. The van der Waals surface area contributed by atoms with Gasteiger partial charge in [0.2, 0.25) is 0 Å².